The molecule has 0 spiro atoms. The van der Waals surface area contributed by atoms with E-state index >= 15 is 0 Å². The molecule has 1 heterocycles. The van der Waals surface area contributed by atoms with Crippen LogP contribution >= 0.6 is 35.0 Å². The molecule has 1 N–H and O–H groups in total. The van der Waals surface area contributed by atoms with Crippen molar-refractivity contribution in [3.8, 4) is 5.75 Å². The summed E-state index contributed by atoms with van der Waals surface area (Å²) in [5, 5.41) is 17.1. The number of aryl methyl sites for hydroxylation is 1. The summed E-state index contributed by atoms with van der Waals surface area (Å²) < 4.78 is 7.66. The van der Waals surface area contributed by atoms with Crippen molar-refractivity contribution in [3.05, 3.63) is 63.6 Å². The first kappa shape index (κ1) is 20.9. The van der Waals surface area contributed by atoms with Crippen LogP contribution in [0.15, 0.2) is 47.6 Å². The third-order valence-electron chi connectivity index (χ3n) is 3.96. The Hall–Kier alpha value is -1.80. The van der Waals surface area contributed by atoms with Crippen molar-refractivity contribution >= 4 is 35.0 Å². The van der Waals surface area contributed by atoms with Gasteiger partial charge in [0.05, 0.1) is 0 Å². The van der Waals surface area contributed by atoms with Crippen LogP contribution in [0.5, 0.6) is 5.75 Å². The van der Waals surface area contributed by atoms with Crippen LogP contribution in [-0.2, 0) is 20.2 Å². The smallest absolute Gasteiger partial charge is 0.209 e. The Kier molecular flexibility index (Phi) is 7.97. The molecule has 0 fully saturated rings. The molecule has 0 radical (unpaired) electrons. The molecule has 0 bridgehead atoms. The summed E-state index contributed by atoms with van der Waals surface area (Å²) in [6.07, 6.45) is 0.999. The maximum absolute atomic E-state index is 6.16. The number of halogens is 2. The van der Waals surface area contributed by atoms with Crippen molar-refractivity contribution in [2.24, 2.45) is 7.05 Å². The molecule has 0 saturated carbocycles. The van der Waals surface area contributed by atoms with E-state index in [1.54, 1.807) is 16.4 Å². The summed E-state index contributed by atoms with van der Waals surface area (Å²) in [5.41, 5.74) is 2.10. The highest BCUT2D eigenvalue weighted by Gasteiger charge is 2.06. The van der Waals surface area contributed by atoms with Crippen LogP contribution in [0.1, 0.15) is 17.5 Å². The number of rotatable bonds is 10. The SMILES string of the molecule is Cn1nnnc1SCCCNCc1cc(Cl)ccc1OCc1ccc(Cl)cc1. The van der Waals surface area contributed by atoms with Gasteiger partial charge in [-0.05, 0) is 59.3 Å². The highest BCUT2D eigenvalue weighted by molar-refractivity contribution is 7.99. The van der Waals surface area contributed by atoms with Gasteiger partial charge in [0.15, 0.2) is 0 Å². The van der Waals surface area contributed by atoms with E-state index in [1.807, 2.05) is 49.5 Å². The summed E-state index contributed by atoms with van der Waals surface area (Å²) in [6.45, 7) is 2.04. The van der Waals surface area contributed by atoms with E-state index in [4.69, 9.17) is 27.9 Å². The van der Waals surface area contributed by atoms with Gasteiger partial charge in [-0.15, -0.1) is 5.10 Å². The van der Waals surface area contributed by atoms with E-state index in [0.717, 1.165) is 40.8 Å². The monoisotopic (exact) mass is 437 g/mol. The Labute approximate surface area is 178 Å². The lowest BCUT2D eigenvalue weighted by atomic mass is 10.2. The molecular weight excluding hydrogens is 417 g/mol. The minimum atomic E-state index is 0.480. The highest BCUT2D eigenvalue weighted by atomic mass is 35.5. The first-order valence-electron chi connectivity index (χ1n) is 8.83. The van der Waals surface area contributed by atoms with E-state index in [9.17, 15) is 0 Å². The van der Waals surface area contributed by atoms with Crippen molar-refractivity contribution in [2.75, 3.05) is 12.3 Å². The van der Waals surface area contributed by atoms with E-state index < -0.39 is 0 Å². The maximum Gasteiger partial charge on any atom is 0.209 e. The fourth-order valence-electron chi connectivity index (χ4n) is 2.50. The van der Waals surface area contributed by atoms with Crippen LogP contribution in [-0.4, -0.2) is 32.5 Å². The van der Waals surface area contributed by atoms with Gasteiger partial charge in [-0.25, -0.2) is 4.68 Å². The first-order valence-corrected chi connectivity index (χ1v) is 10.6. The topological polar surface area (TPSA) is 64.9 Å². The second-order valence-corrected chi connectivity index (χ2v) is 8.07. The molecule has 0 aliphatic rings. The molecule has 9 heteroatoms. The van der Waals surface area contributed by atoms with E-state index in [1.165, 1.54) is 0 Å². The average Bonchev–Trinajstić information content (AvgIpc) is 3.10. The summed E-state index contributed by atoms with van der Waals surface area (Å²) in [6, 6.07) is 13.3. The molecule has 0 saturated heterocycles. The number of ether oxygens (including phenoxy) is 1. The quantitative estimate of drug-likeness (QED) is 0.375. The van der Waals surface area contributed by atoms with E-state index in [0.29, 0.717) is 23.2 Å². The Bertz CT molecular complexity index is 888. The number of aromatic nitrogens is 4. The molecule has 3 aromatic rings. The van der Waals surface area contributed by atoms with Gasteiger partial charge in [-0.1, -0.05) is 47.1 Å². The zero-order valence-corrected chi connectivity index (χ0v) is 17.8. The van der Waals surface area contributed by atoms with Crippen LogP contribution < -0.4 is 10.1 Å². The minimum Gasteiger partial charge on any atom is -0.489 e. The molecule has 0 aliphatic heterocycles. The number of thioether (sulfide) groups is 1. The number of tetrazole rings is 1. The van der Waals surface area contributed by atoms with Crippen LogP contribution in [0.25, 0.3) is 0 Å². The minimum absolute atomic E-state index is 0.480. The third-order valence-corrected chi connectivity index (χ3v) is 5.54. The second kappa shape index (κ2) is 10.7. The maximum atomic E-state index is 6.16. The van der Waals surface area contributed by atoms with Gasteiger partial charge in [-0.3, -0.25) is 0 Å². The number of nitrogens with one attached hydrogen (secondary N) is 1. The average molecular weight is 438 g/mol. The van der Waals surface area contributed by atoms with Crippen LogP contribution in [0.4, 0.5) is 0 Å². The Morgan fingerprint density at radius 1 is 1.11 bits per heavy atom. The van der Waals surface area contributed by atoms with Crippen molar-refractivity contribution in [2.45, 2.75) is 24.7 Å². The Balaban J connectivity index is 1.45. The molecule has 1 aromatic heterocycles. The molecule has 0 amide bonds. The van der Waals surface area contributed by atoms with Gasteiger partial charge in [-0.2, -0.15) is 0 Å². The fraction of sp³-hybridized carbons (Fsp3) is 0.316. The third kappa shape index (κ3) is 6.38. The summed E-state index contributed by atoms with van der Waals surface area (Å²) >= 11 is 13.7. The van der Waals surface area contributed by atoms with Crippen molar-refractivity contribution in [3.63, 3.8) is 0 Å². The van der Waals surface area contributed by atoms with Crippen molar-refractivity contribution < 1.29 is 4.74 Å². The molecule has 0 atom stereocenters. The van der Waals surface area contributed by atoms with Gasteiger partial charge < -0.3 is 10.1 Å². The number of hydrogen-bond acceptors (Lipinski definition) is 6. The van der Waals surface area contributed by atoms with Gasteiger partial charge in [0.1, 0.15) is 12.4 Å². The molecular formula is C19H21Cl2N5OS. The lowest BCUT2D eigenvalue weighted by Crippen LogP contribution is -2.16. The van der Waals surface area contributed by atoms with Crippen molar-refractivity contribution in [1.82, 2.24) is 25.5 Å². The summed E-state index contributed by atoms with van der Waals surface area (Å²) in [5.74, 6) is 1.77. The van der Waals surface area contributed by atoms with Crippen LogP contribution in [0.3, 0.4) is 0 Å². The second-order valence-electron chi connectivity index (χ2n) is 6.13. The van der Waals surface area contributed by atoms with Crippen molar-refractivity contribution in [1.29, 1.82) is 0 Å². The summed E-state index contributed by atoms with van der Waals surface area (Å²) in [7, 11) is 1.84. The number of nitrogens with zero attached hydrogens (tertiary/aromatic N) is 4. The Morgan fingerprint density at radius 2 is 1.89 bits per heavy atom. The van der Waals surface area contributed by atoms with Gasteiger partial charge in [0, 0.05) is 35.0 Å². The fourth-order valence-corrected chi connectivity index (χ4v) is 3.61. The zero-order valence-electron chi connectivity index (χ0n) is 15.4. The summed E-state index contributed by atoms with van der Waals surface area (Å²) in [4.78, 5) is 0. The predicted octanol–water partition coefficient (Wildman–Crippen LogP) is 4.37. The molecule has 3 rings (SSSR count). The standard InChI is InChI=1S/C19H21Cl2N5OS/c1-26-19(23-24-25-26)28-10-2-9-22-12-15-11-17(21)7-8-18(15)27-13-14-3-5-16(20)6-4-14/h3-8,11,22H,2,9-10,12-13H2,1H3. The molecule has 0 unspecified atom stereocenters. The predicted molar refractivity (Wildman–Crippen MR) is 113 cm³/mol. The Morgan fingerprint density at radius 3 is 2.64 bits per heavy atom. The normalized spacial score (nSPS) is 11.0. The number of benzene rings is 2. The molecule has 6 nitrogen and oxygen atoms in total. The molecule has 2 aromatic carbocycles. The molecule has 0 aliphatic carbocycles. The van der Waals surface area contributed by atoms with E-state index in [-0.39, 0.29) is 0 Å². The van der Waals surface area contributed by atoms with Gasteiger partial charge in [0.2, 0.25) is 5.16 Å². The molecule has 148 valence electrons. The van der Waals surface area contributed by atoms with E-state index in [2.05, 4.69) is 20.8 Å². The lowest BCUT2D eigenvalue weighted by Gasteiger charge is -2.13. The van der Waals surface area contributed by atoms with Crippen LogP contribution in [0, 0.1) is 0 Å². The molecule has 28 heavy (non-hydrogen) atoms. The largest absolute Gasteiger partial charge is 0.489 e. The van der Waals surface area contributed by atoms with Crippen LogP contribution in [0.2, 0.25) is 10.0 Å². The highest BCUT2D eigenvalue weighted by Crippen LogP contribution is 2.24. The lowest BCUT2D eigenvalue weighted by molar-refractivity contribution is 0.302. The zero-order chi connectivity index (χ0) is 19.8. The van der Waals surface area contributed by atoms with Gasteiger partial charge in [0.25, 0.3) is 0 Å². The van der Waals surface area contributed by atoms with Gasteiger partial charge >= 0.3 is 0 Å². The number of hydrogen-bond donors (Lipinski definition) is 1. The first-order chi connectivity index (χ1) is 13.6.